The van der Waals surface area contributed by atoms with Gasteiger partial charge in [0, 0.05) is 10.4 Å². The van der Waals surface area contributed by atoms with E-state index in [1.165, 1.54) is 0 Å². The van der Waals surface area contributed by atoms with Gasteiger partial charge in [-0.1, -0.05) is 12.1 Å². The lowest BCUT2D eigenvalue weighted by molar-refractivity contribution is 0.416. The van der Waals surface area contributed by atoms with E-state index in [4.69, 9.17) is 10.5 Å². The first kappa shape index (κ1) is 9.09. The summed E-state index contributed by atoms with van der Waals surface area (Å²) < 4.78 is 5.27. The molecule has 1 aromatic heterocycles. The fraction of sp³-hybridized carbons (Fsp3) is 0.0909. The van der Waals surface area contributed by atoms with Crippen LogP contribution in [0.25, 0.3) is 10.4 Å². The Bertz CT molecular complexity index is 436. The number of anilines is 1. The second-order valence-electron chi connectivity index (χ2n) is 2.90. The van der Waals surface area contributed by atoms with Crippen LogP contribution in [0.15, 0.2) is 36.4 Å². The second kappa shape index (κ2) is 3.72. The van der Waals surface area contributed by atoms with Crippen LogP contribution < -0.4 is 10.5 Å². The maximum absolute atomic E-state index is 5.69. The van der Waals surface area contributed by atoms with Gasteiger partial charge in [0.25, 0.3) is 0 Å². The van der Waals surface area contributed by atoms with Crippen molar-refractivity contribution in [2.24, 2.45) is 0 Å². The molecule has 2 aromatic rings. The van der Waals surface area contributed by atoms with Crippen LogP contribution in [-0.2, 0) is 0 Å². The molecule has 2 N–H and O–H groups in total. The van der Waals surface area contributed by atoms with Crippen LogP contribution in [-0.4, -0.2) is 7.11 Å². The summed E-state index contributed by atoms with van der Waals surface area (Å²) in [5.41, 5.74) is 6.78. The second-order valence-corrected chi connectivity index (χ2v) is 4.02. The average molecular weight is 205 g/mol. The van der Waals surface area contributed by atoms with Crippen molar-refractivity contribution in [3.05, 3.63) is 36.4 Å². The summed E-state index contributed by atoms with van der Waals surface area (Å²) in [5, 5.41) is 0.825. The van der Waals surface area contributed by atoms with Crippen LogP contribution in [0.2, 0.25) is 0 Å². The van der Waals surface area contributed by atoms with Crippen molar-refractivity contribution >= 4 is 16.3 Å². The van der Waals surface area contributed by atoms with Crippen molar-refractivity contribution in [3.8, 4) is 16.2 Å². The summed E-state index contributed by atoms with van der Waals surface area (Å²) in [7, 11) is 1.68. The van der Waals surface area contributed by atoms with Gasteiger partial charge in [-0.05, 0) is 24.3 Å². The van der Waals surface area contributed by atoms with Gasteiger partial charge in [-0.15, -0.1) is 11.3 Å². The molecular weight excluding hydrogens is 194 g/mol. The van der Waals surface area contributed by atoms with Gasteiger partial charge in [-0.25, -0.2) is 0 Å². The molecule has 0 aliphatic carbocycles. The zero-order valence-electron chi connectivity index (χ0n) is 7.86. The molecule has 1 heterocycles. The molecule has 0 radical (unpaired) electrons. The molecule has 0 unspecified atom stereocenters. The molecule has 0 atom stereocenters. The highest BCUT2D eigenvalue weighted by atomic mass is 32.1. The number of benzene rings is 1. The van der Waals surface area contributed by atoms with Crippen LogP contribution in [0.3, 0.4) is 0 Å². The zero-order valence-corrected chi connectivity index (χ0v) is 8.67. The van der Waals surface area contributed by atoms with Crippen LogP contribution in [0.5, 0.6) is 5.75 Å². The highest BCUT2D eigenvalue weighted by Gasteiger charge is 2.06. The van der Waals surface area contributed by atoms with Gasteiger partial charge in [0.2, 0.25) is 0 Å². The molecule has 0 saturated carbocycles. The number of hydrogen-bond acceptors (Lipinski definition) is 3. The maximum atomic E-state index is 5.69. The molecule has 0 aliphatic heterocycles. The normalized spacial score (nSPS) is 10.1. The number of rotatable bonds is 2. The number of hydrogen-bond donors (Lipinski definition) is 1. The Balaban J connectivity index is 2.50. The van der Waals surface area contributed by atoms with Crippen LogP contribution in [0.4, 0.5) is 5.00 Å². The molecule has 72 valence electrons. The summed E-state index contributed by atoms with van der Waals surface area (Å²) in [6.07, 6.45) is 0. The van der Waals surface area contributed by atoms with Gasteiger partial charge in [0.15, 0.2) is 0 Å². The number of nitrogens with two attached hydrogens (primary N) is 1. The zero-order chi connectivity index (χ0) is 9.97. The van der Waals surface area contributed by atoms with Gasteiger partial charge in [-0.3, -0.25) is 0 Å². The van der Waals surface area contributed by atoms with E-state index in [1.54, 1.807) is 18.4 Å². The molecule has 0 aliphatic rings. The fourth-order valence-electron chi connectivity index (χ4n) is 1.35. The van der Waals surface area contributed by atoms with Gasteiger partial charge in [0.05, 0.1) is 12.1 Å². The number of para-hydroxylation sites is 1. The standard InChI is InChI=1S/C11H11NOS/c1-13-9-5-3-2-4-8(9)10-6-7-11(12)14-10/h2-7H,12H2,1H3. The highest BCUT2D eigenvalue weighted by Crippen LogP contribution is 2.35. The lowest BCUT2D eigenvalue weighted by Gasteiger charge is -2.05. The molecule has 0 saturated heterocycles. The number of nitrogen functional groups attached to an aromatic ring is 1. The molecule has 1 aromatic carbocycles. The summed E-state index contributed by atoms with van der Waals surface area (Å²) in [6, 6.07) is 11.9. The Labute approximate surface area is 86.9 Å². The number of ether oxygens (including phenoxy) is 1. The minimum atomic E-state index is 0.825. The molecule has 3 heteroatoms. The van der Waals surface area contributed by atoms with Crippen LogP contribution in [0, 0.1) is 0 Å². The summed E-state index contributed by atoms with van der Waals surface area (Å²) in [4.78, 5) is 1.14. The first-order valence-corrected chi connectivity index (χ1v) is 5.11. The Morgan fingerprint density at radius 3 is 2.57 bits per heavy atom. The van der Waals surface area contributed by atoms with E-state index in [0.717, 1.165) is 21.2 Å². The summed E-state index contributed by atoms with van der Waals surface area (Å²) in [5.74, 6) is 0.884. The lowest BCUT2D eigenvalue weighted by Crippen LogP contribution is -1.84. The summed E-state index contributed by atoms with van der Waals surface area (Å²) in [6.45, 7) is 0. The van der Waals surface area contributed by atoms with E-state index in [2.05, 4.69) is 0 Å². The smallest absolute Gasteiger partial charge is 0.127 e. The van der Waals surface area contributed by atoms with Gasteiger partial charge >= 0.3 is 0 Å². The van der Waals surface area contributed by atoms with Crippen molar-refractivity contribution < 1.29 is 4.74 Å². The third-order valence-corrected chi connectivity index (χ3v) is 2.95. The largest absolute Gasteiger partial charge is 0.496 e. The quantitative estimate of drug-likeness (QED) is 0.818. The lowest BCUT2D eigenvalue weighted by atomic mass is 10.1. The van der Waals surface area contributed by atoms with E-state index in [0.29, 0.717) is 0 Å². The Hall–Kier alpha value is -1.48. The Kier molecular flexibility index (Phi) is 2.41. The molecule has 0 spiro atoms. The molecule has 2 rings (SSSR count). The van der Waals surface area contributed by atoms with Crippen molar-refractivity contribution in [1.29, 1.82) is 0 Å². The highest BCUT2D eigenvalue weighted by molar-refractivity contribution is 7.19. The van der Waals surface area contributed by atoms with E-state index in [-0.39, 0.29) is 0 Å². The first-order chi connectivity index (χ1) is 6.81. The minimum Gasteiger partial charge on any atom is -0.496 e. The molecule has 0 bridgehead atoms. The van der Waals surface area contributed by atoms with Gasteiger partial charge in [-0.2, -0.15) is 0 Å². The predicted molar refractivity (Wildman–Crippen MR) is 60.7 cm³/mol. The maximum Gasteiger partial charge on any atom is 0.127 e. The number of thiophene rings is 1. The van der Waals surface area contributed by atoms with E-state index in [1.807, 2.05) is 36.4 Å². The van der Waals surface area contributed by atoms with Crippen molar-refractivity contribution in [1.82, 2.24) is 0 Å². The van der Waals surface area contributed by atoms with E-state index < -0.39 is 0 Å². The van der Waals surface area contributed by atoms with E-state index in [9.17, 15) is 0 Å². The number of methoxy groups -OCH3 is 1. The van der Waals surface area contributed by atoms with Crippen LogP contribution in [0.1, 0.15) is 0 Å². The molecule has 0 fully saturated rings. The predicted octanol–water partition coefficient (Wildman–Crippen LogP) is 3.01. The van der Waals surface area contributed by atoms with Gasteiger partial charge < -0.3 is 10.5 Å². The van der Waals surface area contributed by atoms with E-state index >= 15 is 0 Å². The van der Waals surface area contributed by atoms with Crippen molar-refractivity contribution in [2.75, 3.05) is 12.8 Å². The monoisotopic (exact) mass is 205 g/mol. The molecule has 14 heavy (non-hydrogen) atoms. The Morgan fingerprint density at radius 2 is 1.93 bits per heavy atom. The topological polar surface area (TPSA) is 35.2 Å². The first-order valence-electron chi connectivity index (χ1n) is 4.30. The van der Waals surface area contributed by atoms with Crippen molar-refractivity contribution in [2.45, 2.75) is 0 Å². The van der Waals surface area contributed by atoms with Crippen molar-refractivity contribution in [3.63, 3.8) is 0 Å². The average Bonchev–Trinajstić information content (AvgIpc) is 2.65. The SMILES string of the molecule is COc1ccccc1-c1ccc(N)s1. The Morgan fingerprint density at radius 1 is 1.14 bits per heavy atom. The van der Waals surface area contributed by atoms with Crippen LogP contribution >= 0.6 is 11.3 Å². The third-order valence-electron chi connectivity index (χ3n) is 2.00. The minimum absolute atomic E-state index is 0.825. The third kappa shape index (κ3) is 1.59. The molecule has 2 nitrogen and oxygen atoms in total. The molecular formula is C11H11NOS. The fourth-order valence-corrected chi connectivity index (χ4v) is 2.15. The molecule has 0 amide bonds. The van der Waals surface area contributed by atoms with Gasteiger partial charge in [0.1, 0.15) is 5.75 Å². The summed E-state index contributed by atoms with van der Waals surface area (Å²) >= 11 is 1.57.